The van der Waals surface area contributed by atoms with Gasteiger partial charge in [-0.05, 0) is 105 Å². The van der Waals surface area contributed by atoms with E-state index in [-0.39, 0.29) is 29.8 Å². The summed E-state index contributed by atoms with van der Waals surface area (Å²) in [6.07, 6.45) is 2.81. The molecule has 2 bridgehead atoms. The third-order valence-corrected chi connectivity index (χ3v) is 10.2. The van der Waals surface area contributed by atoms with E-state index in [4.69, 9.17) is 18.8 Å². The van der Waals surface area contributed by atoms with Crippen LogP contribution in [0.4, 0.5) is 0 Å². The molecule has 4 aliphatic rings. The molecule has 242 valence electrons. The molecule has 5 atom stereocenters. The van der Waals surface area contributed by atoms with Crippen molar-refractivity contribution in [2.45, 2.75) is 97.1 Å². The van der Waals surface area contributed by atoms with Crippen molar-refractivity contribution >= 4 is 19.0 Å². The summed E-state index contributed by atoms with van der Waals surface area (Å²) in [7, 11) is -0.583. The molecular formula is C38H46BNO6. The third kappa shape index (κ3) is 6.89. The van der Waals surface area contributed by atoms with E-state index in [1.54, 1.807) is 12.1 Å². The molecular weight excluding hydrogens is 577 g/mol. The van der Waals surface area contributed by atoms with E-state index in [2.05, 4.69) is 26.1 Å². The molecule has 7 rings (SSSR count). The predicted molar refractivity (Wildman–Crippen MR) is 178 cm³/mol. The molecule has 0 radical (unpaired) electrons. The van der Waals surface area contributed by atoms with Gasteiger partial charge in [-0.15, -0.1) is 0 Å². The molecule has 1 N–H and O–H groups in total. The van der Waals surface area contributed by atoms with E-state index >= 15 is 0 Å². The molecule has 1 heterocycles. The van der Waals surface area contributed by atoms with Gasteiger partial charge in [-0.1, -0.05) is 68.4 Å². The maximum Gasteiger partial charge on any atom is 0.482 e. The maximum absolute atomic E-state index is 13.6. The van der Waals surface area contributed by atoms with Gasteiger partial charge in [-0.25, -0.2) is 4.79 Å². The van der Waals surface area contributed by atoms with Gasteiger partial charge >= 0.3 is 13.1 Å². The maximum atomic E-state index is 13.6. The molecule has 0 aromatic heterocycles. The minimum Gasteiger partial charge on any atom is -0.489 e. The van der Waals surface area contributed by atoms with Crippen LogP contribution in [0.5, 0.6) is 5.75 Å². The van der Waals surface area contributed by atoms with Crippen LogP contribution in [-0.2, 0) is 38.3 Å². The monoisotopic (exact) mass is 623 g/mol. The first-order valence-electron chi connectivity index (χ1n) is 16.5. The third-order valence-electron chi connectivity index (χ3n) is 10.2. The normalized spacial score (nSPS) is 25.2. The van der Waals surface area contributed by atoms with Gasteiger partial charge in [0.05, 0.1) is 29.6 Å². The number of hydrogen-bond donors (Lipinski definition) is 1. The van der Waals surface area contributed by atoms with Crippen LogP contribution in [-0.4, -0.2) is 42.2 Å². The van der Waals surface area contributed by atoms with E-state index in [1.165, 1.54) is 0 Å². The van der Waals surface area contributed by atoms with E-state index in [9.17, 15) is 9.59 Å². The fraction of sp³-hybridized carbons (Fsp3) is 0.474. The lowest BCUT2D eigenvalue weighted by atomic mass is 9.43. The molecule has 8 heteroatoms. The van der Waals surface area contributed by atoms with Crippen molar-refractivity contribution in [3.8, 4) is 5.75 Å². The molecule has 1 aliphatic heterocycles. The van der Waals surface area contributed by atoms with Gasteiger partial charge in [-0.2, -0.15) is 0 Å². The van der Waals surface area contributed by atoms with Gasteiger partial charge in [0.25, 0.3) is 0 Å². The minimum absolute atomic E-state index is 0.00154. The second-order valence-corrected chi connectivity index (χ2v) is 15.0. The van der Waals surface area contributed by atoms with Gasteiger partial charge < -0.3 is 24.1 Å². The summed E-state index contributed by atoms with van der Waals surface area (Å²) in [5, 5.41) is 3.26. The topological polar surface area (TPSA) is 83.1 Å². The molecule has 1 saturated heterocycles. The van der Waals surface area contributed by atoms with Crippen LogP contribution in [0.2, 0.25) is 0 Å². The van der Waals surface area contributed by atoms with E-state index < -0.39 is 24.3 Å². The Morgan fingerprint density at radius 1 is 0.935 bits per heavy atom. The number of hydrogen-bond acceptors (Lipinski definition) is 6. The van der Waals surface area contributed by atoms with Crippen LogP contribution in [0, 0.1) is 17.3 Å². The average molecular weight is 624 g/mol. The molecule has 0 spiro atoms. The number of carbonyl (C=O) groups excluding carboxylic acids is 2. The molecule has 7 nitrogen and oxygen atoms in total. The Labute approximate surface area is 273 Å². The largest absolute Gasteiger partial charge is 0.489 e. The summed E-state index contributed by atoms with van der Waals surface area (Å²) in [4.78, 5) is 26.2. The molecule has 3 aliphatic carbocycles. The van der Waals surface area contributed by atoms with Crippen LogP contribution in [0.1, 0.15) is 81.4 Å². The highest BCUT2D eigenvalue weighted by Crippen LogP contribution is 2.65. The lowest BCUT2D eigenvalue weighted by molar-refractivity contribution is -0.199. The first kappa shape index (κ1) is 32.3. The van der Waals surface area contributed by atoms with Gasteiger partial charge in [-0.3, -0.25) is 4.79 Å². The van der Waals surface area contributed by atoms with Crippen LogP contribution >= 0.6 is 0 Å². The molecule has 3 aromatic rings. The van der Waals surface area contributed by atoms with Crippen LogP contribution < -0.4 is 10.1 Å². The highest BCUT2D eigenvalue weighted by molar-refractivity contribution is 6.48. The predicted octanol–water partition coefficient (Wildman–Crippen LogP) is 6.76. The quantitative estimate of drug-likeness (QED) is 0.199. The Kier molecular flexibility index (Phi) is 8.81. The second kappa shape index (κ2) is 12.5. The number of amides is 1. The lowest BCUT2D eigenvalue weighted by Crippen LogP contribution is -2.65. The smallest absolute Gasteiger partial charge is 0.482 e. The summed E-state index contributed by atoms with van der Waals surface area (Å²) in [5.41, 5.74) is 2.65. The Morgan fingerprint density at radius 2 is 1.65 bits per heavy atom. The highest BCUT2D eigenvalue weighted by Gasteiger charge is 2.68. The van der Waals surface area contributed by atoms with Crippen LogP contribution in [0.15, 0.2) is 78.9 Å². The molecule has 5 unspecified atom stereocenters. The average Bonchev–Trinajstić information content (AvgIpc) is 3.37. The zero-order chi connectivity index (χ0) is 32.7. The van der Waals surface area contributed by atoms with Crippen molar-refractivity contribution < 1.29 is 28.4 Å². The van der Waals surface area contributed by atoms with E-state index in [0.29, 0.717) is 30.4 Å². The van der Waals surface area contributed by atoms with E-state index in [1.807, 2.05) is 87.5 Å². The second-order valence-electron chi connectivity index (χ2n) is 15.0. The summed E-state index contributed by atoms with van der Waals surface area (Å²) in [5.74, 6) is 0.865. The number of carbonyl (C=O) groups is 2. The van der Waals surface area contributed by atoms with Crippen LogP contribution in [0.25, 0.3) is 0 Å². The minimum atomic E-state index is -0.583. The Hall–Kier alpha value is -3.62. The highest BCUT2D eigenvalue weighted by atomic mass is 16.7. The summed E-state index contributed by atoms with van der Waals surface area (Å²) in [6, 6.07) is 25.1. The van der Waals surface area contributed by atoms with E-state index in [0.717, 1.165) is 35.3 Å². The number of ether oxygens (including phenoxy) is 2. The Bertz CT molecular complexity index is 1550. The van der Waals surface area contributed by atoms with Crippen molar-refractivity contribution in [3.05, 3.63) is 101 Å². The number of esters is 1. The van der Waals surface area contributed by atoms with Crippen molar-refractivity contribution in [2.24, 2.45) is 17.3 Å². The molecule has 3 aromatic carbocycles. The molecule has 1 amide bonds. The standard InChI is InChI=1S/C38H46BNO6/c1-36(2,3)44-35(42)28-17-15-25(16-18-28)20-33(39-45-32-23-29-22-31(37(29,4)5)38(32,6)46-39)40-34(41)21-27-13-10-14-30(19-27)43-24-26-11-8-7-9-12-26/h7-19,29,31-33H,20-24H2,1-6H3,(H,40,41). The molecule has 4 fully saturated rings. The van der Waals surface area contributed by atoms with Crippen LogP contribution in [0.3, 0.4) is 0 Å². The molecule has 3 saturated carbocycles. The van der Waals surface area contributed by atoms with Crippen molar-refractivity contribution in [1.82, 2.24) is 5.32 Å². The summed E-state index contributed by atoms with van der Waals surface area (Å²) < 4.78 is 25.0. The number of benzene rings is 3. The number of nitrogens with one attached hydrogen (secondary N) is 1. The Balaban J connectivity index is 1.16. The fourth-order valence-corrected chi connectivity index (χ4v) is 7.58. The zero-order valence-electron chi connectivity index (χ0n) is 27.9. The van der Waals surface area contributed by atoms with Gasteiger partial charge in [0.1, 0.15) is 18.0 Å². The molecule has 46 heavy (non-hydrogen) atoms. The SMILES string of the molecule is CC(C)(C)OC(=O)c1ccc(CC(NC(=O)Cc2cccc(OCc3ccccc3)c2)B2OC3CC4CC(C4(C)C)C3(C)O2)cc1. The zero-order valence-corrected chi connectivity index (χ0v) is 27.9. The summed E-state index contributed by atoms with van der Waals surface area (Å²) in [6.45, 7) is 12.9. The summed E-state index contributed by atoms with van der Waals surface area (Å²) >= 11 is 0. The van der Waals surface area contributed by atoms with Gasteiger partial charge in [0.2, 0.25) is 5.91 Å². The Morgan fingerprint density at radius 3 is 2.35 bits per heavy atom. The lowest BCUT2D eigenvalue weighted by Gasteiger charge is -2.64. The first-order valence-corrected chi connectivity index (χ1v) is 16.5. The van der Waals surface area contributed by atoms with Crippen molar-refractivity contribution in [2.75, 3.05) is 0 Å². The van der Waals surface area contributed by atoms with Crippen molar-refractivity contribution in [3.63, 3.8) is 0 Å². The van der Waals surface area contributed by atoms with Gasteiger partial charge in [0.15, 0.2) is 0 Å². The first-order chi connectivity index (χ1) is 21.8. The fourth-order valence-electron chi connectivity index (χ4n) is 7.58. The van der Waals surface area contributed by atoms with Crippen molar-refractivity contribution in [1.29, 1.82) is 0 Å². The van der Waals surface area contributed by atoms with Gasteiger partial charge in [0, 0.05) is 0 Å². The number of rotatable bonds is 10.